The summed E-state index contributed by atoms with van der Waals surface area (Å²) in [6.07, 6.45) is 0. The van der Waals surface area contributed by atoms with E-state index in [9.17, 15) is 0 Å². The summed E-state index contributed by atoms with van der Waals surface area (Å²) in [5.74, 6) is 1.19. The van der Waals surface area contributed by atoms with Crippen LogP contribution in [0.1, 0.15) is 27.7 Å². The van der Waals surface area contributed by atoms with Gasteiger partial charge in [0.15, 0.2) is 0 Å². The molecule has 0 spiro atoms. The number of nitrogens with one attached hydrogen (secondary N) is 3. The van der Waals surface area contributed by atoms with Crippen LogP contribution in [0, 0.1) is 0 Å². The van der Waals surface area contributed by atoms with E-state index >= 15 is 0 Å². The summed E-state index contributed by atoms with van der Waals surface area (Å²) in [6.45, 7) is 8.14. The highest BCUT2D eigenvalue weighted by molar-refractivity contribution is 5.31. The molecule has 1 rings (SSSR count). The van der Waals surface area contributed by atoms with Gasteiger partial charge >= 0.3 is 17.9 Å². The molecule has 0 saturated carbocycles. The van der Waals surface area contributed by atoms with Crippen LogP contribution in [0.2, 0.25) is 0 Å². The van der Waals surface area contributed by atoms with Crippen LogP contribution in [0.4, 0.5) is 11.9 Å². The molecule has 0 aliphatic heterocycles. The second-order valence-corrected chi connectivity index (χ2v) is 4.13. The normalized spacial score (nSPS) is 10.7. The van der Waals surface area contributed by atoms with E-state index in [0.717, 1.165) is 0 Å². The van der Waals surface area contributed by atoms with Crippen molar-refractivity contribution in [2.75, 3.05) is 17.7 Å². The predicted molar refractivity (Wildman–Crippen MR) is 62.7 cm³/mol. The van der Waals surface area contributed by atoms with E-state index in [-0.39, 0.29) is 6.04 Å². The number of aromatic amines is 1. The molecule has 0 aromatic carbocycles. The molecule has 0 atom stereocenters. The number of hydrogen-bond acceptors (Lipinski definition) is 5. The van der Waals surface area contributed by atoms with Crippen molar-refractivity contribution < 1.29 is 9.72 Å². The van der Waals surface area contributed by atoms with Crippen LogP contribution in [0.25, 0.3) is 0 Å². The fraction of sp³-hybridized carbons (Fsp3) is 0.700. The molecule has 0 fully saturated rings. The van der Waals surface area contributed by atoms with E-state index in [1.807, 2.05) is 27.7 Å². The molecule has 90 valence electrons. The number of hydrogen-bond donors (Lipinski definition) is 2. The van der Waals surface area contributed by atoms with Gasteiger partial charge in [0.05, 0.1) is 13.2 Å². The minimum absolute atomic E-state index is 0.277. The first kappa shape index (κ1) is 12.5. The summed E-state index contributed by atoms with van der Waals surface area (Å²) < 4.78 is 5.07. The Bertz CT molecular complexity index is 312. The predicted octanol–water partition coefficient (Wildman–Crippen LogP) is 0.940. The third-order valence-electron chi connectivity index (χ3n) is 1.69. The lowest BCUT2D eigenvalue weighted by molar-refractivity contribution is -0.386. The first-order chi connectivity index (χ1) is 7.51. The minimum atomic E-state index is 0.277. The Morgan fingerprint density at radius 3 is 2.19 bits per heavy atom. The molecule has 1 heterocycles. The molecule has 3 N–H and O–H groups in total. The molecule has 0 saturated heterocycles. The fourth-order valence-corrected chi connectivity index (χ4v) is 1.15. The molecule has 0 amide bonds. The maximum atomic E-state index is 5.07. The lowest BCUT2D eigenvalue weighted by Gasteiger charge is -2.07. The second kappa shape index (κ2) is 5.48. The number of H-pyrrole nitrogens is 1. The third kappa shape index (κ3) is 3.88. The zero-order chi connectivity index (χ0) is 12.1. The molecule has 0 radical (unpaired) electrons. The van der Waals surface area contributed by atoms with Crippen molar-refractivity contribution in [2.24, 2.45) is 0 Å². The van der Waals surface area contributed by atoms with Crippen molar-refractivity contribution in [3.63, 3.8) is 0 Å². The average molecular weight is 226 g/mol. The van der Waals surface area contributed by atoms with E-state index in [1.54, 1.807) is 7.11 Å². The molecule has 0 unspecified atom stereocenters. The van der Waals surface area contributed by atoms with E-state index in [2.05, 4.69) is 25.6 Å². The average Bonchev–Trinajstić information content (AvgIpc) is 2.14. The number of nitrogens with zero attached hydrogens (tertiary/aromatic N) is 2. The second-order valence-electron chi connectivity index (χ2n) is 4.13. The van der Waals surface area contributed by atoms with E-state index in [1.165, 1.54) is 0 Å². The molecule has 1 aromatic rings. The Hall–Kier alpha value is -1.59. The number of rotatable bonds is 5. The Kier molecular flexibility index (Phi) is 4.28. The van der Waals surface area contributed by atoms with Crippen molar-refractivity contribution >= 4 is 11.9 Å². The Morgan fingerprint density at radius 1 is 1.06 bits per heavy atom. The number of aromatic nitrogens is 3. The Balaban J connectivity index is 2.91. The standard InChI is InChI=1S/C10H19N5O/c1-6(2)11-8-13-9(12-7(3)4)15-10(14-8)16-5/h6-7H,1-5H3,(H2,11,12,13,14,15)/p+1. The first-order valence-electron chi connectivity index (χ1n) is 5.39. The van der Waals surface area contributed by atoms with Crippen molar-refractivity contribution in [2.45, 2.75) is 39.8 Å². The van der Waals surface area contributed by atoms with Gasteiger partial charge in [-0.25, -0.2) is 4.98 Å². The van der Waals surface area contributed by atoms with Crippen LogP contribution in [0.5, 0.6) is 6.01 Å². The van der Waals surface area contributed by atoms with Crippen molar-refractivity contribution in [1.82, 2.24) is 9.97 Å². The molecule has 16 heavy (non-hydrogen) atoms. The highest BCUT2D eigenvalue weighted by Crippen LogP contribution is 2.07. The van der Waals surface area contributed by atoms with Crippen LogP contribution in [-0.4, -0.2) is 29.2 Å². The minimum Gasteiger partial charge on any atom is -0.450 e. The summed E-state index contributed by atoms with van der Waals surface area (Å²) >= 11 is 0. The van der Waals surface area contributed by atoms with Crippen LogP contribution < -0.4 is 20.4 Å². The van der Waals surface area contributed by atoms with E-state index in [0.29, 0.717) is 23.9 Å². The topological polar surface area (TPSA) is 73.2 Å². The van der Waals surface area contributed by atoms with Gasteiger partial charge in [-0.2, -0.15) is 0 Å². The highest BCUT2D eigenvalue weighted by Gasteiger charge is 2.15. The molecule has 0 bridgehead atoms. The third-order valence-corrected chi connectivity index (χ3v) is 1.69. The summed E-state index contributed by atoms with van der Waals surface area (Å²) in [7, 11) is 1.57. The largest absolute Gasteiger partial charge is 0.450 e. The fourth-order valence-electron chi connectivity index (χ4n) is 1.15. The SMILES string of the molecule is COc1nc(NC(C)C)nc(NC(C)C)[nH+]1. The van der Waals surface area contributed by atoms with Crippen LogP contribution >= 0.6 is 0 Å². The summed E-state index contributed by atoms with van der Waals surface area (Å²) in [6, 6.07) is 1.00. The van der Waals surface area contributed by atoms with E-state index < -0.39 is 0 Å². The van der Waals surface area contributed by atoms with Crippen molar-refractivity contribution in [3.05, 3.63) is 0 Å². The van der Waals surface area contributed by atoms with Crippen molar-refractivity contribution in [3.8, 4) is 6.01 Å². The van der Waals surface area contributed by atoms with Crippen LogP contribution in [0.15, 0.2) is 0 Å². The van der Waals surface area contributed by atoms with Gasteiger partial charge in [-0.15, -0.1) is 0 Å². The molecular formula is C10H20N5O+. The summed E-state index contributed by atoms with van der Waals surface area (Å²) in [5.41, 5.74) is 0. The molecular weight excluding hydrogens is 206 g/mol. The maximum Gasteiger partial charge on any atom is 0.403 e. The molecule has 0 aliphatic rings. The first-order valence-corrected chi connectivity index (χ1v) is 5.39. The quantitative estimate of drug-likeness (QED) is 0.781. The van der Waals surface area contributed by atoms with E-state index in [4.69, 9.17) is 4.74 Å². The van der Waals surface area contributed by atoms with Gasteiger partial charge in [0.1, 0.15) is 0 Å². The smallest absolute Gasteiger partial charge is 0.403 e. The lowest BCUT2D eigenvalue weighted by Crippen LogP contribution is -2.25. The summed E-state index contributed by atoms with van der Waals surface area (Å²) in [4.78, 5) is 11.4. The van der Waals surface area contributed by atoms with Crippen LogP contribution in [-0.2, 0) is 0 Å². The van der Waals surface area contributed by atoms with Gasteiger partial charge in [-0.3, -0.25) is 5.32 Å². The molecule has 6 nitrogen and oxygen atoms in total. The monoisotopic (exact) mass is 226 g/mol. The van der Waals surface area contributed by atoms with Gasteiger partial charge in [0.25, 0.3) is 0 Å². The molecule has 1 aromatic heterocycles. The molecule has 0 aliphatic carbocycles. The zero-order valence-electron chi connectivity index (χ0n) is 10.5. The Labute approximate surface area is 95.9 Å². The lowest BCUT2D eigenvalue weighted by atomic mass is 10.4. The maximum absolute atomic E-state index is 5.07. The number of methoxy groups -OCH3 is 1. The van der Waals surface area contributed by atoms with Gasteiger partial charge in [-0.1, -0.05) is 4.98 Å². The molecule has 6 heteroatoms. The number of ether oxygens (including phenoxy) is 1. The number of anilines is 2. The van der Waals surface area contributed by atoms with Gasteiger partial charge in [0.2, 0.25) is 0 Å². The highest BCUT2D eigenvalue weighted by atomic mass is 16.5. The van der Waals surface area contributed by atoms with Crippen molar-refractivity contribution in [1.29, 1.82) is 0 Å². The summed E-state index contributed by atoms with van der Waals surface area (Å²) in [5, 5.41) is 6.30. The Morgan fingerprint density at radius 2 is 1.69 bits per heavy atom. The zero-order valence-corrected chi connectivity index (χ0v) is 10.5. The van der Waals surface area contributed by atoms with Crippen LogP contribution in [0.3, 0.4) is 0 Å². The van der Waals surface area contributed by atoms with Gasteiger partial charge in [-0.05, 0) is 32.7 Å². The van der Waals surface area contributed by atoms with Gasteiger partial charge in [0, 0.05) is 6.04 Å². The van der Waals surface area contributed by atoms with Gasteiger partial charge < -0.3 is 10.1 Å².